The van der Waals surface area contributed by atoms with E-state index in [1.54, 1.807) is 12.1 Å². The number of ether oxygens (including phenoxy) is 1. The second-order valence-corrected chi connectivity index (χ2v) is 6.28. The molecule has 1 aliphatic heterocycles. The molecule has 3 rings (SSSR count). The van der Waals surface area contributed by atoms with E-state index in [2.05, 4.69) is 5.32 Å². The molecule has 0 radical (unpaired) electrons. The number of nitrogens with one attached hydrogen (secondary N) is 1. The number of nitro benzene ring substituents is 2. The molecule has 3 amide bonds. The van der Waals surface area contributed by atoms with Gasteiger partial charge in [0.05, 0.1) is 15.9 Å². The van der Waals surface area contributed by atoms with Crippen molar-refractivity contribution in [1.29, 1.82) is 0 Å². The topological polar surface area (TPSA) is 145 Å². The highest BCUT2D eigenvalue weighted by Gasteiger charge is 2.32. The predicted octanol–water partition coefficient (Wildman–Crippen LogP) is 3.60. The number of rotatable bonds is 7. The summed E-state index contributed by atoms with van der Waals surface area (Å²) in [5.74, 6) is -0.308. The molecule has 1 heterocycles. The number of urea groups is 1. The molecular weight excluding hydrogens is 396 g/mol. The highest BCUT2D eigenvalue weighted by atomic mass is 16.6. The van der Waals surface area contributed by atoms with E-state index in [9.17, 15) is 29.8 Å². The van der Waals surface area contributed by atoms with Crippen molar-refractivity contribution in [2.75, 3.05) is 6.54 Å². The van der Waals surface area contributed by atoms with Crippen molar-refractivity contribution >= 4 is 29.4 Å². The third kappa shape index (κ3) is 4.24. The van der Waals surface area contributed by atoms with Crippen LogP contribution in [0.4, 0.5) is 16.2 Å². The summed E-state index contributed by atoms with van der Waals surface area (Å²) in [6.45, 7) is 2.18. The SMILES string of the molecule is CCCN1C(=O)N/C(=C/c2ccc(Oc3ccc([N+](=O)[O-])cc3[N+](=O)[O-])cc2)C1=O. The van der Waals surface area contributed by atoms with Crippen LogP contribution < -0.4 is 10.1 Å². The minimum absolute atomic E-state index is 0.146. The Bertz CT molecular complexity index is 1060. The van der Waals surface area contributed by atoms with Gasteiger partial charge in [0.15, 0.2) is 0 Å². The van der Waals surface area contributed by atoms with Crippen molar-refractivity contribution in [1.82, 2.24) is 10.2 Å². The second kappa shape index (κ2) is 8.39. The summed E-state index contributed by atoms with van der Waals surface area (Å²) in [5, 5.41) is 24.5. The summed E-state index contributed by atoms with van der Waals surface area (Å²) in [7, 11) is 0. The van der Waals surface area contributed by atoms with E-state index in [-0.39, 0.29) is 17.2 Å². The summed E-state index contributed by atoms with van der Waals surface area (Å²) >= 11 is 0. The van der Waals surface area contributed by atoms with Crippen molar-refractivity contribution in [3.63, 3.8) is 0 Å². The summed E-state index contributed by atoms with van der Waals surface area (Å²) in [4.78, 5) is 45.7. The molecule has 1 fully saturated rings. The van der Waals surface area contributed by atoms with Crippen molar-refractivity contribution in [2.45, 2.75) is 13.3 Å². The minimum Gasteiger partial charge on any atom is -0.450 e. The van der Waals surface area contributed by atoms with Crippen LogP contribution in [0.1, 0.15) is 18.9 Å². The lowest BCUT2D eigenvalue weighted by atomic mass is 10.2. The smallest absolute Gasteiger partial charge is 0.329 e. The molecular formula is C19H16N4O7. The normalized spacial score (nSPS) is 14.7. The first-order valence-corrected chi connectivity index (χ1v) is 8.85. The maximum Gasteiger partial charge on any atom is 0.329 e. The van der Waals surface area contributed by atoms with E-state index < -0.39 is 33.2 Å². The zero-order chi connectivity index (χ0) is 21.8. The highest BCUT2D eigenvalue weighted by Crippen LogP contribution is 2.34. The van der Waals surface area contributed by atoms with E-state index in [1.165, 1.54) is 18.2 Å². The van der Waals surface area contributed by atoms with Crippen LogP contribution in [0.5, 0.6) is 11.5 Å². The average Bonchev–Trinajstić information content (AvgIpc) is 2.97. The van der Waals surface area contributed by atoms with Gasteiger partial charge in [-0.1, -0.05) is 19.1 Å². The Balaban J connectivity index is 1.79. The Morgan fingerprint density at radius 1 is 1.07 bits per heavy atom. The van der Waals surface area contributed by atoms with Crippen molar-refractivity contribution in [3.8, 4) is 11.5 Å². The van der Waals surface area contributed by atoms with Gasteiger partial charge in [-0.15, -0.1) is 0 Å². The summed E-state index contributed by atoms with van der Waals surface area (Å²) in [5.41, 5.74) is -0.210. The summed E-state index contributed by atoms with van der Waals surface area (Å²) in [6, 6.07) is 8.84. The average molecular weight is 412 g/mol. The third-order valence-corrected chi connectivity index (χ3v) is 4.18. The van der Waals surface area contributed by atoms with Crippen molar-refractivity contribution < 1.29 is 24.2 Å². The number of carbonyl (C=O) groups excluding carboxylic acids is 2. The van der Waals surface area contributed by atoms with Gasteiger partial charge in [0.25, 0.3) is 11.6 Å². The van der Waals surface area contributed by atoms with Gasteiger partial charge in [-0.25, -0.2) is 4.79 Å². The van der Waals surface area contributed by atoms with Gasteiger partial charge in [-0.3, -0.25) is 29.9 Å². The number of hydrogen-bond donors (Lipinski definition) is 1. The van der Waals surface area contributed by atoms with E-state index in [0.717, 1.165) is 23.1 Å². The number of nitro groups is 2. The lowest BCUT2D eigenvalue weighted by Gasteiger charge is -2.08. The molecule has 0 spiro atoms. The maximum absolute atomic E-state index is 12.2. The Hall–Kier alpha value is -4.28. The standard InChI is InChI=1S/C19H16N4O7/c1-2-9-21-18(24)15(20-19(21)25)10-12-3-6-14(7-4-12)30-17-8-5-13(22(26)27)11-16(17)23(28)29/h3-8,10-11H,2,9H2,1H3,(H,20,25)/b15-10+. The molecule has 11 nitrogen and oxygen atoms in total. The summed E-state index contributed by atoms with van der Waals surface area (Å²) in [6.07, 6.45) is 2.15. The van der Waals surface area contributed by atoms with Crippen LogP contribution in [0.15, 0.2) is 48.2 Å². The van der Waals surface area contributed by atoms with E-state index in [4.69, 9.17) is 4.74 Å². The number of carbonyl (C=O) groups is 2. The number of hydrogen-bond acceptors (Lipinski definition) is 7. The van der Waals surface area contributed by atoms with Gasteiger partial charge in [-0.2, -0.15) is 0 Å². The first kappa shape index (κ1) is 20.5. The number of imide groups is 1. The molecule has 11 heteroatoms. The van der Waals surface area contributed by atoms with Gasteiger partial charge in [0, 0.05) is 12.6 Å². The van der Waals surface area contributed by atoms with Crippen molar-refractivity contribution in [3.05, 3.63) is 74.0 Å². The third-order valence-electron chi connectivity index (χ3n) is 4.18. The zero-order valence-corrected chi connectivity index (χ0v) is 15.7. The Labute approximate surface area is 169 Å². The van der Waals surface area contributed by atoms with E-state index in [0.29, 0.717) is 18.5 Å². The molecule has 30 heavy (non-hydrogen) atoms. The molecule has 0 saturated carbocycles. The molecule has 1 aliphatic rings. The first-order chi connectivity index (χ1) is 14.3. The lowest BCUT2D eigenvalue weighted by molar-refractivity contribution is -0.394. The maximum atomic E-state index is 12.2. The molecule has 1 saturated heterocycles. The molecule has 1 N–H and O–H groups in total. The Morgan fingerprint density at radius 3 is 2.37 bits per heavy atom. The largest absolute Gasteiger partial charge is 0.450 e. The minimum atomic E-state index is -0.766. The van der Waals surface area contributed by atoms with Crippen LogP contribution in [0.2, 0.25) is 0 Å². The summed E-state index contributed by atoms with van der Waals surface area (Å²) < 4.78 is 5.49. The van der Waals surface area contributed by atoms with Crippen molar-refractivity contribution in [2.24, 2.45) is 0 Å². The van der Waals surface area contributed by atoms with Gasteiger partial charge in [-0.05, 0) is 36.3 Å². The molecule has 2 aromatic carbocycles. The fourth-order valence-electron chi connectivity index (χ4n) is 2.77. The molecule has 0 unspecified atom stereocenters. The van der Waals surface area contributed by atoms with Crippen LogP contribution in [-0.2, 0) is 4.79 Å². The van der Waals surface area contributed by atoms with Gasteiger partial charge in [0.1, 0.15) is 11.4 Å². The molecule has 2 aromatic rings. The number of nitrogens with zero attached hydrogens (tertiary/aromatic N) is 3. The molecule has 0 aromatic heterocycles. The predicted molar refractivity (Wildman–Crippen MR) is 105 cm³/mol. The van der Waals surface area contributed by atoms with Gasteiger partial charge in [0.2, 0.25) is 5.75 Å². The number of non-ortho nitro benzene ring substituents is 1. The first-order valence-electron chi connectivity index (χ1n) is 8.85. The quantitative estimate of drug-likeness (QED) is 0.316. The van der Waals surface area contributed by atoms with E-state index >= 15 is 0 Å². The van der Waals surface area contributed by atoms with Crippen LogP contribution in [0, 0.1) is 20.2 Å². The van der Waals surface area contributed by atoms with Crippen LogP contribution >= 0.6 is 0 Å². The molecule has 0 atom stereocenters. The van der Waals surface area contributed by atoms with Crippen LogP contribution in [0.3, 0.4) is 0 Å². The monoisotopic (exact) mass is 412 g/mol. The fraction of sp³-hybridized carbons (Fsp3) is 0.158. The number of benzene rings is 2. The zero-order valence-electron chi connectivity index (χ0n) is 15.7. The Kier molecular flexibility index (Phi) is 5.72. The molecule has 154 valence electrons. The fourth-order valence-corrected chi connectivity index (χ4v) is 2.77. The van der Waals surface area contributed by atoms with Crippen LogP contribution in [-0.4, -0.2) is 33.2 Å². The lowest BCUT2D eigenvalue weighted by Crippen LogP contribution is -2.31. The second-order valence-electron chi connectivity index (χ2n) is 6.28. The van der Waals surface area contributed by atoms with Gasteiger partial charge < -0.3 is 10.1 Å². The molecule has 0 aliphatic carbocycles. The van der Waals surface area contributed by atoms with E-state index in [1.807, 2.05) is 6.92 Å². The van der Waals surface area contributed by atoms with Gasteiger partial charge >= 0.3 is 11.7 Å². The van der Waals surface area contributed by atoms with Crippen LogP contribution in [0.25, 0.3) is 6.08 Å². The highest BCUT2D eigenvalue weighted by molar-refractivity contribution is 6.13. The number of amides is 3. The molecule has 0 bridgehead atoms. The Morgan fingerprint density at radius 2 is 1.77 bits per heavy atom.